The van der Waals surface area contributed by atoms with Crippen LogP contribution >= 0.6 is 0 Å². The largest absolute Gasteiger partial charge is 0.377 e. The molecule has 6 heteroatoms. The van der Waals surface area contributed by atoms with E-state index < -0.39 is 0 Å². The number of hydrogen-bond acceptors (Lipinski definition) is 4. The first kappa shape index (κ1) is 17.2. The maximum atomic E-state index is 13.0. The van der Waals surface area contributed by atoms with Crippen LogP contribution in [-0.2, 0) is 41.9 Å². The summed E-state index contributed by atoms with van der Waals surface area (Å²) in [5.41, 5.74) is 2.81. The fourth-order valence-corrected chi connectivity index (χ4v) is 4.35. The molecule has 0 bridgehead atoms. The molecule has 4 rings (SSSR count). The Kier molecular flexibility index (Phi) is 4.76. The van der Waals surface area contributed by atoms with Gasteiger partial charge in [-0.3, -0.25) is 4.79 Å². The monoisotopic (exact) mass is 354 g/mol. The van der Waals surface area contributed by atoms with Gasteiger partial charge in [-0.15, -0.1) is 10.2 Å². The van der Waals surface area contributed by atoms with Gasteiger partial charge in [-0.1, -0.05) is 24.3 Å². The molecular weight excluding hydrogens is 328 g/mol. The Hall–Kier alpha value is -2.21. The van der Waals surface area contributed by atoms with Gasteiger partial charge in [0.15, 0.2) is 5.82 Å². The predicted octanol–water partition coefficient (Wildman–Crippen LogP) is 2.00. The van der Waals surface area contributed by atoms with Gasteiger partial charge in [0.1, 0.15) is 12.4 Å². The second kappa shape index (κ2) is 7.19. The highest BCUT2D eigenvalue weighted by molar-refractivity contribution is 5.77. The first-order valence-electron chi connectivity index (χ1n) is 9.42. The molecule has 1 aromatic heterocycles. The second-order valence-corrected chi connectivity index (χ2v) is 7.50. The summed E-state index contributed by atoms with van der Waals surface area (Å²) >= 11 is 0. The van der Waals surface area contributed by atoms with Crippen LogP contribution in [0.5, 0.6) is 0 Å². The van der Waals surface area contributed by atoms with Crippen molar-refractivity contribution >= 4 is 5.91 Å². The summed E-state index contributed by atoms with van der Waals surface area (Å²) < 4.78 is 7.32. The number of amides is 1. The van der Waals surface area contributed by atoms with Gasteiger partial charge in [-0.25, -0.2) is 0 Å². The number of nitrogens with zero attached hydrogens (tertiary/aromatic N) is 4. The van der Waals surface area contributed by atoms with Crippen molar-refractivity contribution in [2.45, 2.75) is 51.8 Å². The number of carbonyl (C=O) groups is 1. The quantitative estimate of drug-likeness (QED) is 0.843. The molecule has 26 heavy (non-hydrogen) atoms. The molecule has 1 atom stereocenters. The number of benzene rings is 1. The summed E-state index contributed by atoms with van der Waals surface area (Å²) in [7, 11) is 1.66. The molecule has 0 spiro atoms. The standard InChI is InChI=1S/C20H26N4O2/c1-14-9-18-21-22-19(13-26-2)24(18)8-7-23(14)20(25)12-15-10-16-5-3-4-6-17(16)11-15/h3-6,14-15H,7-13H2,1-2H3. The van der Waals surface area contributed by atoms with Crippen molar-refractivity contribution in [3.63, 3.8) is 0 Å². The minimum absolute atomic E-state index is 0.145. The summed E-state index contributed by atoms with van der Waals surface area (Å²) in [6.07, 6.45) is 3.42. The van der Waals surface area contributed by atoms with E-state index in [1.807, 2.05) is 4.90 Å². The van der Waals surface area contributed by atoms with Crippen LogP contribution in [0.2, 0.25) is 0 Å². The summed E-state index contributed by atoms with van der Waals surface area (Å²) in [6, 6.07) is 8.71. The Morgan fingerprint density at radius 2 is 1.88 bits per heavy atom. The van der Waals surface area contributed by atoms with E-state index in [1.54, 1.807) is 7.11 Å². The number of carbonyl (C=O) groups excluding carboxylic acids is 1. The smallest absolute Gasteiger partial charge is 0.223 e. The molecule has 2 aliphatic rings. The maximum absolute atomic E-state index is 13.0. The molecule has 2 heterocycles. The molecule has 138 valence electrons. The Balaban J connectivity index is 1.41. The lowest BCUT2D eigenvalue weighted by molar-refractivity contribution is -0.134. The van der Waals surface area contributed by atoms with Gasteiger partial charge < -0.3 is 14.2 Å². The minimum Gasteiger partial charge on any atom is -0.377 e. The van der Waals surface area contributed by atoms with Crippen molar-refractivity contribution in [2.24, 2.45) is 5.92 Å². The lowest BCUT2D eigenvalue weighted by Crippen LogP contribution is -2.41. The fraction of sp³-hybridized carbons (Fsp3) is 0.550. The van der Waals surface area contributed by atoms with Crippen LogP contribution in [0.25, 0.3) is 0 Å². The van der Waals surface area contributed by atoms with E-state index in [0.29, 0.717) is 25.5 Å². The SMILES string of the molecule is COCc1nnc2n1CCN(C(=O)CC1Cc3ccccc3C1)C(C)C2. The van der Waals surface area contributed by atoms with Crippen LogP contribution < -0.4 is 0 Å². The highest BCUT2D eigenvalue weighted by Crippen LogP contribution is 2.29. The van der Waals surface area contributed by atoms with E-state index >= 15 is 0 Å². The minimum atomic E-state index is 0.145. The average molecular weight is 354 g/mol. The van der Waals surface area contributed by atoms with Crippen LogP contribution in [0.1, 0.15) is 36.1 Å². The van der Waals surface area contributed by atoms with Crippen molar-refractivity contribution < 1.29 is 9.53 Å². The van der Waals surface area contributed by atoms with Gasteiger partial charge in [0.05, 0.1) is 0 Å². The van der Waals surface area contributed by atoms with Crippen LogP contribution in [-0.4, -0.2) is 45.3 Å². The zero-order valence-electron chi connectivity index (χ0n) is 15.5. The molecule has 1 aliphatic carbocycles. The summed E-state index contributed by atoms with van der Waals surface area (Å²) in [4.78, 5) is 15.0. The van der Waals surface area contributed by atoms with Gasteiger partial charge in [0, 0.05) is 39.1 Å². The highest BCUT2D eigenvalue weighted by Gasteiger charge is 2.30. The van der Waals surface area contributed by atoms with Crippen molar-refractivity contribution in [1.82, 2.24) is 19.7 Å². The predicted molar refractivity (Wildman–Crippen MR) is 97.6 cm³/mol. The topological polar surface area (TPSA) is 60.3 Å². The number of aromatic nitrogens is 3. The molecule has 1 amide bonds. The van der Waals surface area contributed by atoms with E-state index in [4.69, 9.17) is 4.74 Å². The van der Waals surface area contributed by atoms with Crippen LogP contribution in [0.3, 0.4) is 0 Å². The fourth-order valence-electron chi connectivity index (χ4n) is 4.35. The summed E-state index contributed by atoms with van der Waals surface area (Å²) in [6.45, 7) is 4.01. The molecular formula is C20H26N4O2. The molecule has 2 aromatic rings. The third-order valence-electron chi connectivity index (χ3n) is 5.67. The van der Waals surface area contributed by atoms with Gasteiger partial charge >= 0.3 is 0 Å². The van der Waals surface area contributed by atoms with E-state index in [-0.39, 0.29) is 11.9 Å². The molecule has 0 N–H and O–H groups in total. The Bertz CT molecular complexity index is 776. The van der Waals surface area contributed by atoms with Crippen molar-refractivity contribution in [3.8, 4) is 0 Å². The van der Waals surface area contributed by atoms with Gasteiger partial charge in [0.25, 0.3) is 0 Å². The number of ether oxygens (including phenoxy) is 1. The Morgan fingerprint density at radius 1 is 1.15 bits per heavy atom. The number of methoxy groups -OCH3 is 1. The second-order valence-electron chi connectivity index (χ2n) is 7.50. The number of fused-ring (bicyclic) bond motifs is 2. The lowest BCUT2D eigenvalue weighted by Gasteiger charge is -2.28. The molecule has 6 nitrogen and oxygen atoms in total. The van der Waals surface area contributed by atoms with E-state index in [9.17, 15) is 4.79 Å². The van der Waals surface area contributed by atoms with E-state index in [2.05, 4.69) is 46.0 Å². The van der Waals surface area contributed by atoms with Crippen molar-refractivity contribution in [1.29, 1.82) is 0 Å². The normalized spacial score (nSPS) is 19.9. The summed E-state index contributed by atoms with van der Waals surface area (Å²) in [5.74, 6) is 2.49. The van der Waals surface area contributed by atoms with Gasteiger partial charge in [-0.05, 0) is 36.8 Å². The average Bonchev–Trinajstić information content (AvgIpc) is 3.14. The molecule has 0 saturated heterocycles. The highest BCUT2D eigenvalue weighted by atomic mass is 16.5. The Morgan fingerprint density at radius 3 is 2.58 bits per heavy atom. The van der Waals surface area contributed by atoms with Crippen LogP contribution in [0.15, 0.2) is 24.3 Å². The third kappa shape index (κ3) is 3.26. The summed E-state index contributed by atoms with van der Waals surface area (Å²) in [5, 5.41) is 8.53. The molecule has 1 aromatic carbocycles. The Labute approximate surface area is 154 Å². The van der Waals surface area contributed by atoms with E-state index in [1.165, 1.54) is 11.1 Å². The van der Waals surface area contributed by atoms with Crippen molar-refractivity contribution in [2.75, 3.05) is 13.7 Å². The zero-order valence-corrected chi connectivity index (χ0v) is 15.5. The van der Waals surface area contributed by atoms with E-state index in [0.717, 1.165) is 37.5 Å². The van der Waals surface area contributed by atoms with Crippen LogP contribution in [0, 0.1) is 5.92 Å². The molecule has 0 saturated carbocycles. The van der Waals surface area contributed by atoms with Crippen LogP contribution in [0.4, 0.5) is 0 Å². The third-order valence-corrected chi connectivity index (χ3v) is 5.67. The molecule has 1 aliphatic heterocycles. The first-order valence-corrected chi connectivity index (χ1v) is 9.42. The first-order chi connectivity index (χ1) is 12.7. The maximum Gasteiger partial charge on any atom is 0.223 e. The van der Waals surface area contributed by atoms with Gasteiger partial charge in [-0.2, -0.15) is 0 Å². The molecule has 0 radical (unpaired) electrons. The molecule has 0 fully saturated rings. The number of hydrogen-bond donors (Lipinski definition) is 0. The van der Waals surface area contributed by atoms with Crippen molar-refractivity contribution in [3.05, 3.63) is 47.0 Å². The zero-order chi connectivity index (χ0) is 18.1. The lowest BCUT2D eigenvalue weighted by atomic mass is 10.0. The molecule has 1 unspecified atom stereocenters. The number of rotatable bonds is 4. The van der Waals surface area contributed by atoms with Gasteiger partial charge in [0.2, 0.25) is 5.91 Å².